The summed E-state index contributed by atoms with van der Waals surface area (Å²) in [4.78, 5) is 17.6. The molecule has 7 heteroatoms. The summed E-state index contributed by atoms with van der Waals surface area (Å²) in [6, 6.07) is 0. The maximum Gasteiger partial charge on any atom is 0.410 e. The van der Waals surface area contributed by atoms with Crippen molar-refractivity contribution in [1.82, 2.24) is 15.0 Å². The highest BCUT2D eigenvalue weighted by Gasteiger charge is 2.45. The van der Waals surface area contributed by atoms with E-state index in [0.29, 0.717) is 25.2 Å². The third-order valence-electron chi connectivity index (χ3n) is 3.08. The van der Waals surface area contributed by atoms with Crippen molar-refractivity contribution in [3.05, 3.63) is 11.7 Å². The van der Waals surface area contributed by atoms with Crippen LogP contribution in [-0.4, -0.2) is 44.9 Å². The first-order valence-electron chi connectivity index (χ1n) is 6.77. The predicted molar refractivity (Wildman–Crippen MR) is 70.0 cm³/mol. The van der Waals surface area contributed by atoms with Gasteiger partial charge in [0.2, 0.25) is 0 Å². The third-order valence-corrected chi connectivity index (χ3v) is 3.08. The zero-order valence-corrected chi connectivity index (χ0v) is 12.3. The van der Waals surface area contributed by atoms with Gasteiger partial charge in [-0.3, -0.25) is 0 Å². The molecule has 0 bridgehead atoms. The molecular formula is C13H21N3O4. The van der Waals surface area contributed by atoms with Crippen LogP contribution in [0.1, 0.15) is 45.8 Å². The van der Waals surface area contributed by atoms with E-state index in [1.54, 1.807) is 20.8 Å². The minimum atomic E-state index is -1.28. The monoisotopic (exact) mass is 283 g/mol. The number of aryl methyl sites for hydroxylation is 1. The molecule has 112 valence electrons. The second kappa shape index (κ2) is 5.05. The van der Waals surface area contributed by atoms with E-state index in [4.69, 9.17) is 9.26 Å². The molecule has 1 fully saturated rings. The molecule has 0 aromatic carbocycles. The predicted octanol–water partition coefficient (Wildman–Crippen LogP) is 1.46. The normalized spacial score (nSPS) is 23.1. The Balaban J connectivity index is 2.05. The number of nitrogens with zero attached hydrogens (tertiary/aromatic N) is 3. The largest absolute Gasteiger partial charge is 0.444 e. The van der Waals surface area contributed by atoms with Crippen molar-refractivity contribution >= 4 is 6.09 Å². The summed E-state index contributed by atoms with van der Waals surface area (Å²) in [5.41, 5.74) is -1.84. The molecular weight excluding hydrogens is 262 g/mol. The Morgan fingerprint density at radius 2 is 2.25 bits per heavy atom. The van der Waals surface area contributed by atoms with Crippen LogP contribution in [-0.2, 0) is 16.8 Å². The van der Waals surface area contributed by atoms with Gasteiger partial charge in [0.1, 0.15) is 5.60 Å². The minimum Gasteiger partial charge on any atom is -0.444 e. The number of rotatable bonds is 2. The number of amides is 1. The van der Waals surface area contributed by atoms with Crippen molar-refractivity contribution in [3.8, 4) is 0 Å². The fraction of sp³-hybridized carbons (Fsp3) is 0.769. The van der Waals surface area contributed by atoms with Gasteiger partial charge >= 0.3 is 6.09 Å². The van der Waals surface area contributed by atoms with Crippen molar-refractivity contribution in [3.63, 3.8) is 0 Å². The summed E-state index contributed by atoms with van der Waals surface area (Å²) >= 11 is 0. The van der Waals surface area contributed by atoms with Crippen molar-refractivity contribution in [1.29, 1.82) is 0 Å². The number of aliphatic hydroxyl groups is 1. The van der Waals surface area contributed by atoms with Crippen LogP contribution in [0.4, 0.5) is 4.79 Å². The molecule has 1 aromatic heterocycles. The summed E-state index contributed by atoms with van der Waals surface area (Å²) in [5, 5.41) is 14.3. The minimum absolute atomic E-state index is 0.104. The van der Waals surface area contributed by atoms with Crippen LogP contribution >= 0.6 is 0 Å². The van der Waals surface area contributed by atoms with E-state index in [9.17, 15) is 9.90 Å². The molecule has 1 unspecified atom stereocenters. The summed E-state index contributed by atoms with van der Waals surface area (Å²) in [6.45, 7) is 7.82. The lowest BCUT2D eigenvalue weighted by Gasteiger charge is -2.25. The first-order valence-corrected chi connectivity index (χ1v) is 6.77. The lowest BCUT2D eigenvalue weighted by atomic mass is 10.0. The topological polar surface area (TPSA) is 88.7 Å². The summed E-state index contributed by atoms with van der Waals surface area (Å²) < 4.78 is 10.4. The molecule has 1 aromatic rings. The fourth-order valence-corrected chi connectivity index (χ4v) is 2.04. The van der Waals surface area contributed by atoms with Gasteiger partial charge in [-0.1, -0.05) is 12.1 Å². The van der Waals surface area contributed by atoms with E-state index >= 15 is 0 Å². The van der Waals surface area contributed by atoms with Crippen molar-refractivity contribution in [2.75, 3.05) is 13.1 Å². The van der Waals surface area contributed by atoms with E-state index in [1.807, 2.05) is 6.92 Å². The van der Waals surface area contributed by atoms with Crippen molar-refractivity contribution in [2.24, 2.45) is 0 Å². The average Bonchev–Trinajstić information content (AvgIpc) is 2.93. The number of likely N-dealkylation sites (tertiary alicyclic amines) is 1. The molecule has 2 rings (SSSR count). The first-order chi connectivity index (χ1) is 9.23. The van der Waals surface area contributed by atoms with Crippen LogP contribution in [0.25, 0.3) is 0 Å². The summed E-state index contributed by atoms with van der Waals surface area (Å²) in [5.74, 6) is 0.713. The van der Waals surface area contributed by atoms with Gasteiger partial charge in [-0.2, -0.15) is 4.98 Å². The Hall–Kier alpha value is -1.63. The molecule has 1 N–H and O–H groups in total. The molecule has 20 heavy (non-hydrogen) atoms. The van der Waals surface area contributed by atoms with Crippen LogP contribution in [0.15, 0.2) is 4.52 Å². The van der Waals surface area contributed by atoms with E-state index in [0.717, 1.165) is 0 Å². The zero-order chi connectivity index (χ0) is 15.0. The molecule has 2 heterocycles. The van der Waals surface area contributed by atoms with Crippen molar-refractivity contribution < 1.29 is 19.2 Å². The van der Waals surface area contributed by atoms with Gasteiger partial charge < -0.3 is 19.3 Å². The van der Waals surface area contributed by atoms with Crippen LogP contribution in [0.5, 0.6) is 0 Å². The fourth-order valence-electron chi connectivity index (χ4n) is 2.04. The van der Waals surface area contributed by atoms with E-state index in [1.165, 1.54) is 4.90 Å². The van der Waals surface area contributed by atoms with Crippen LogP contribution < -0.4 is 0 Å². The van der Waals surface area contributed by atoms with Crippen molar-refractivity contribution in [2.45, 2.75) is 51.7 Å². The SMILES string of the molecule is CCc1noc(C2(O)CCN(C(=O)OC(C)(C)C)C2)n1. The summed E-state index contributed by atoms with van der Waals surface area (Å²) in [6.07, 6.45) is 0.552. The third kappa shape index (κ3) is 3.09. The Bertz CT molecular complexity index is 494. The van der Waals surface area contributed by atoms with Gasteiger partial charge in [-0.05, 0) is 20.8 Å². The maximum atomic E-state index is 12.0. The quantitative estimate of drug-likeness (QED) is 0.884. The van der Waals surface area contributed by atoms with Gasteiger partial charge in [0, 0.05) is 19.4 Å². The Morgan fingerprint density at radius 3 is 2.80 bits per heavy atom. The molecule has 1 aliphatic heterocycles. The van der Waals surface area contributed by atoms with Crippen LogP contribution in [0.2, 0.25) is 0 Å². The Labute approximate surface area is 117 Å². The number of hydrogen-bond acceptors (Lipinski definition) is 6. The average molecular weight is 283 g/mol. The molecule has 7 nitrogen and oxygen atoms in total. The second-order valence-electron chi connectivity index (χ2n) is 6.05. The van der Waals surface area contributed by atoms with Gasteiger partial charge in [0.25, 0.3) is 5.89 Å². The van der Waals surface area contributed by atoms with E-state index in [2.05, 4.69) is 10.1 Å². The molecule has 1 aliphatic rings. The van der Waals surface area contributed by atoms with E-state index < -0.39 is 17.3 Å². The van der Waals surface area contributed by atoms with Gasteiger partial charge in [-0.25, -0.2) is 4.79 Å². The number of carbonyl (C=O) groups is 1. The second-order valence-corrected chi connectivity index (χ2v) is 6.05. The van der Waals surface area contributed by atoms with Gasteiger partial charge in [0.15, 0.2) is 11.4 Å². The van der Waals surface area contributed by atoms with Crippen LogP contribution in [0, 0.1) is 0 Å². The number of aromatic nitrogens is 2. The van der Waals surface area contributed by atoms with Gasteiger partial charge in [0.05, 0.1) is 6.54 Å². The molecule has 1 amide bonds. The highest BCUT2D eigenvalue weighted by atomic mass is 16.6. The molecule has 0 aliphatic carbocycles. The number of hydrogen-bond donors (Lipinski definition) is 1. The Kier molecular flexibility index (Phi) is 3.73. The lowest BCUT2D eigenvalue weighted by Crippen LogP contribution is -2.38. The highest BCUT2D eigenvalue weighted by Crippen LogP contribution is 2.31. The van der Waals surface area contributed by atoms with Crippen LogP contribution in [0.3, 0.4) is 0 Å². The molecule has 0 spiro atoms. The smallest absolute Gasteiger partial charge is 0.410 e. The number of carbonyl (C=O) groups excluding carboxylic acids is 1. The lowest BCUT2D eigenvalue weighted by molar-refractivity contribution is 0.000165. The number of ether oxygens (including phenoxy) is 1. The summed E-state index contributed by atoms with van der Waals surface area (Å²) in [7, 11) is 0. The van der Waals surface area contributed by atoms with Gasteiger partial charge in [-0.15, -0.1) is 0 Å². The molecule has 0 radical (unpaired) electrons. The Morgan fingerprint density at radius 1 is 1.55 bits per heavy atom. The molecule has 1 saturated heterocycles. The standard InChI is InChI=1S/C13H21N3O4/c1-5-9-14-10(20-15-9)13(18)6-7-16(8-13)11(17)19-12(2,3)4/h18H,5-8H2,1-4H3. The van der Waals surface area contributed by atoms with E-state index in [-0.39, 0.29) is 12.4 Å². The molecule has 1 atom stereocenters. The maximum absolute atomic E-state index is 12.0. The molecule has 0 saturated carbocycles. The first kappa shape index (κ1) is 14.8. The zero-order valence-electron chi connectivity index (χ0n) is 12.3. The number of β-amino-alcohol motifs (C(OH)–C–C–N with tert-alkyl or cyclic N) is 1. The highest BCUT2D eigenvalue weighted by molar-refractivity contribution is 5.68.